The predicted octanol–water partition coefficient (Wildman–Crippen LogP) is 2.44. The largest absolute Gasteiger partial charge is 0.481 e. The van der Waals surface area contributed by atoms with Crippen LogP contribution in [0.3, 0.4) is 0 Å². The van der Waals surface area contributed by atoms with Crippen molar-refractivity contribution >= 4 is 23.3 Å². The average molecular weight is 242 g/mol. The van der Waals surface area contributed by atoms with Crippen LogP contribution in [0.1, 0.15) is 17.9 Å². The maximum atomic E-state index is 10.7. The van der Waals surface area contributed by atoms with Crippen molar-refractivity contribution in [1.82, 2.24) is 0 Å². The molecular formula is C10H8ClNO4. The lowest BCUT2D eigenvalue weighted by Gasteiger charge is -2.00. The van der Waals surface area contributed by atoms with Gasteiger partial charge in [0.05, 0.1) is 10.8 Å². The van der Waals surface area contributed by atoms with Crippen LogP contribution in [0.15, 0.2) is 18.2 Å². The Labute approximate surface area is 95.8 Å². The van der Waals surface area contributed by atoms with Crippen molar-refractivity contribution in [3.63, 3.8) is 0 Å². The summed E-state index contributed by atoms with van der Waals surface area (Å²) in [7, 11) is 0. The lowest BCUT2D eigenvalue weighted by molar-refractivity contribution is -0.384. The molecule has 0 heterocycles. The van der Waals surface area contributed by atoms with E-state index in [-0.39, 0.29) is 22.5 Å². The van der Waals surface area contributed by atoms with Gasteiger partial charge in [0.25, 0.3) is 5.69 Å². The second kappa shape index (κ2) is 3.75. The Morgan fingerprint density at radius 1 is 1.56 bits per heavy atom. The van der Waals surface area contributed by atoms with Gasteiger partial charge >= 0.3 is 5.97 Å². The number of benzene rings is 1. The van der Waals surface area contributed by atoms with Crippen LogP contribution in [0.5, 0.6) is 0 Å². The second-order valence-electron chi connectivity index (χ2n) is 3.75. The van der Waals surface area contributed by atoms with E-state index >= 15 is 0 Å². The monoisotopic (exact) mass is 241 g/mol. The molecule has 1 saturated carbocycles. The third kappa shape index (κ3) is 1.86. The standard InChI is InChI=1S/C10H8ClNO4/c11-8-3-5(1-2-9(8)12(15)16)6-4-7(6)10(13)14/h1-3,6-7H,4H2,(H,13,14). The van der Waals surface area contributed by atoms with E-state index < -0.39 is 10.9 Å². The Morgan fingerprint density at radius 3 is 2.69 bits per heavy atom. The van der Waals surface area contributed by atoms with E-state index in [1.165, 1.54) is 12.1 Å². The molecule has 6 heteroatoms. The minimum Gasteiger partial charge on any atom is -0.481 e. The smallest absolute Gasteiger partial charge is 0.307 e. The summed E-state index contributed by atoms with van der Waals surface area (Å²) in [6, 6.07) is 4.36. The van der Waals surface area contributed by atoms with E-state index in [1.807, 2.05) is 0 Å². The van der Waals surface area contributed by atoms with Crippen molar-refractivity contribution in [1.29, 1.82) is 0 Å². The molecule has 16 heavy (non-hydrogen) atoms. The van der Waals surface area contributed by atoms with Crippen molar-refractivity contribution in [3.05, 3.63) is 38.9 Å². The summed E-state index contributed by atoms with van der Waals surface area (Å²) in [5.41, 5.74) is 0.598. The van der Waals surface area contributed by atoms with Crippen LogP contribution in [0.4, 0.5) is 5.69 Å². The summed E-state index contributed by atoms with van der Waals surface area (Å²) in [5.74, 6) is -1.27. The predicted molar refractivity (Wildman–Crippen MR) is 56.6 cm³/mol. The van der Waals surface area contributed by atoms with Gasteiger partial charge in [0.15, 0.2) is 0 Å². The number of nitro benzene ring substituents is 1. The number of nitrogens with zero attached hydrogens (tertiary/aromatic N) is 1. The Hall–Kier alpha value is -1.62. The number of carbonyl (C=O) groups is 1. The summed E-state index contributed by atoms with van der Waals surface area (Å²) < 4.78 is 0. The maximum Gasteiger partial charge on any atom is 0.307 e. The number of hydrogen-bond acceptors (Lipinski definition) is 3. The van der Waals surface area contributed by atoms with Crippen molar-refractivity contribution in [3.8, 4) is 0 Å². The summed E-state index contributed by atoms with van der Waals surface area (Å²) in [5, 5.41) is 19.3. The van der Waals surface area contributed by atoms with Crippen LogP contribution in [0, 0.1) is 16.0 Å². The zero-order chi connectivity index (χ0) is 11.9. The molecule has 2 atom stereocenters. The molecule has 0 radical (unpaired) electrons. The molecule has 1 fully saturated rings. The Balaban J connectivity index is 2.23. The minimum atomic E-state index is -0.834. The van der Waals surface area contributed by atoms with Crippen LogP contribution in [-0.2, 0) is 4.79 Å². The van der Waals surface area contributed by atoms with Crippen molar-refractivity contribution in [2.24, 2.45) is 5.92 Å². The molecule has 5 nitrogen and oxygen atoms in total. The molecule has 1 N–H and O–H groups in total. The Kier molecular flexibility index (Phi) is 2.55. The highest BCUT2D eigenvalue weighted by Gasteiger charge is 2.44. The maximum absolute atomic E-state index is 10.7. The van der Waals surface area contributed by atoms with Crippen LogP contribution in [0.2, 0.25) is 5.02 Å². The van der Waals surface area contributed by atoms with Crippen LogP contribution >= 0.6 is 11.6 Å². The fraction of sp³-hybridized carbons (Fsp3) is 0.300. The molecule has 0 aromatic heterocycles. The van der Waals surface area contributed by atoms with Gasteiger partial charge in [-0.05, 0) is 24.0 Å². The quantitative estimate of drug-likeness (QED) is 0.651. The highest BCUT2D eigenvalue weighted by Crippen LogP contribution is 2.48. The molecule has 2 rings (SSSR count). The van der Waals surface area contributed by atoms with Gasteiger partial charge in [-0.3, -0.25) is 14.9 Å². The van der Waals surface area contributed by atoms with Gasteiger partial charge in [-0.2, -0.15) is 0 Å². The van der Waals surface area contributed by atoms with Gasteiger partial charge < -0.3 is 5.11 Å². The summed E-state index contributed by atoms with van der Waals surface area (Å²) >= 11 is 5.73. The molecule has 1 aliphatic carbocycles. The number of carboxylic acid groups (broad SMARTS) is 1. The molecule has 0 bridgehead atoms. The van der Waals surface area contributed by atoms with Crippen LogP contribution < -0.4 is 0 Å². The molecule has 0 amide bonds. The first-order chi connectivity index (χ1) is 7.50. The number of halogens is 1. The Bertz CT molecular complexity index is 474. The average Bonchev–Trinajstić information content (AvgIpc) is 2.96. The van der Waals surface area contributed by atoms with E-state index in [0.717, 1.165) is 5.56 Å². The highest BCUT2D eigenvalue weighted by molar-refractivity contribution is 6.32. The number of aliphatic carboxylic acids is 1. The first kappa shape index (κ1) is 10.9. The fourth-order valence-corrected chi connectivity index (χ4v) is 2.00. The molecule has 1 aromatic rings. The second-order valence-corrected chi connectivity index (χ2v) is 4.16. The fourth-order valence-electron chi connectivity index (χ4n) is 1.74. The van der Waals surface area contributed by atoms with Gasteiger partial charge in [0.1, 0.15) is 5.02 Å². The van der Waals surface area contributed by atoms with Gasteiger partial charge in [0.2, 0.25) is 0 Å². The summed E-state index contributed by atoms with van der Waals surface area (Å²) in [6.07, 6.45) is 0.573. The van der Waals surface area contributed by atoms with Gasteiger partial charge in [-0.15, -0.1) is 0 Å². The van der Waals surface area contributed by atoms with Gasteiger partial charge in [-0.25, -0.2) is 0 Å². The number of carboxylic acids is 1. The molecule has 0 aliphatic heterocycles. The number of hydrogen-bond donors (Lipinski definition) is 1. The summed E-state index contributed by atoms with van der Waals surface area (Å²) in [6.45, 7) is 0. The first-order valence-corrected chi connectivity index (χ1v) is 5.05. The third-order valence-corrected chi connectivity index (χ3v) is 3.01. The zero-order valence-electron chi connectivity index (χ0n) is 8.09. The third-order valence-electron chi connectivity index (χ3n) is 2.70. The molecule has 1 aromatic carbocycles. The molecule has 1 aliphatic rings. The van der Waals surface area contributed by atoms with E-state index in [9.17, 15) is 14.9 Å². The highest BCUT2D eigenvalue weighted by atomic mass is 35.5. The number of nitro groups is 1. The van der Waals surface area contributed by atoms with Gasteiger partial charge in [0, 0.05) is 6.07 Å². The Morgan fingerprint density at radius 2 is 2.25 bits per heavy atom. The van der Waals surface area contributed by atoms with Crippen LogP contribution in [-0.4, -0.2) is 16.0 Å². The lowest BCUT2D eigenvalue weighted by atomic mass is 10.1. The molecule has 2 unspecified atom stereocenters. The molecule has 84 valence electrons. The van der Waals surface area contributed by atoms with Crippen LogP contribution in [0.25, 0.3) is 0 Å². The van der Waals surface area contributed by atoms with Gasteiger partial charge in [-0.1, -0.05) is 17.7 Å². The van der Waals surface area contributed by atoms with E-state index in [2.05, 4.69) is 0 Å². The van der Waals surface area contributed by atoms with Crippen molar-refractivity contribution in [2.75, 3.05) is 0 Å². The lowest BCUT2D eigenvalue weighted by Crippen LogP contribution is -1.99. The SMILES string of the molecule is O=C(O)C1CC1c1ccc([N+](=O)[O-])c(Cl)c1. The minimum absolute atomic E-state index is 0.0542. The van der Waals surface area contributed by atoms with E-state index in [0.29, 0.717) is 6.42 Å². The topological polar surface area (TPSA) is 80.4 Å². The molecular weight excluding hydrogens is 234 g/mol. The zero-order valence-corrected chi connectivity index (χ0v) is 8.85. The van der Waals surface area contributed by atoms with Crippen molar-refractivity contribution < 1.29 is 14.8 Å². The molecule has 0 saturated heterocycles. The summed E-state index contributed by atoms with van der Waals surface area (Å²) in [4.78, 5) is 20.6. The first-order valence-electron chi connectivity index (χ1n) is 4.67. The van der Waals surface area contributed by atoms with E-state index in [1.54, 1.807) is 6.07 Å². The normalized spacial score (nSPS) is 22.8. The van der Waals surface area contributed by atoms with Crippen molar-refractivity contribution in [2.45, 2.75) is 12.3 Å². The van der Waals surface area contributed by atoms with E-state index in [4.69, 9.17) is 16.7 Å². The molecule has 0 spiro atoms. The number of rotatable bonds is 3.